The fourth-order valence-corrected chi connectivity index (χ4v) is 1.59. The summed E-state index contributed by atoms with van der Waals surface area (Å²) in [6.07, 6.45) is 2.75. The van der Waals surface area contributed by atoms with Crippen molar-refractivity contribution >= 4 is 11.5 Å². The van der Waals surface area contributed by atoms with Crippen molar-refractivity contribution in [2.24, 2.45) is 0 Å². The quantitative estimate of drug-likeness (QED) is 0.607. The van der Waals surface area contributed by atoms with E-state index in [-0.39, 0.29) is 5.97 Å². The van der Waals surface area contributed by atoms with Gasteiger partial charge in [-0.1, -0.05) is 30.3 Å². The first-order valence-electron chi connectivity index (χ1n) is 4.19. The first-order valence-corrected chi connectivity index (χ1v) is 4.19. The lowest BCUT2D eigenvalue weighted by Crippen LogP contribution is -2.02. The predicted molar refractivity (Wildman–Crippen MR) is 50.1 cm³/mol. The minimum Gasteiger partial charge on any atom is -0.465 e. The SMILES string of the molecule is COC(=O)C1=CCc2ccccc21. The lowest BCUT2D eigenvalue weighted by molar-refractivity contribution is -0.133. The van der Waals surface area contributed by atoms with Crippen LogP contribution in [0.3, 0.4) is 0 Å². The Morgan fingerprint density at radius 3 is 2.92 bits per heavy atom. The lowest BCUT2D eigenvalue weighted by atomic mass is 10.1. The molecular formula is C11H10O2. The molecule has 1 aromatic rings. The number of methoxy groups -OCH3 is 1. The van der Waals surface area contributed by atoms with Crippen LogP contribution in [0.15, 0.2) is 30.3 Å². The van der Waals surface area contributed by atoms with E-state index in [9.17, 15) is 4.79 Å². The molecule has 0 amide bonds. The summed E-state index contributed by atoms with van der Waals surface area (Å²) in [6, 6.07) is 7.89. The van der Waals surface area contributed by atoms with Crippen molar-refractivity contribution in [3.05, 3.63) is 41.5 Å². The highest BCUT2D eigenvalue weighted by Crippen LogP contribution is 2.27. The molecule has 0 bridgehead atoms. The molecule has 66 valence electrons. The maximum Gasteiger partial charge on any atom is 0.338 e. The maximum absolute atomic E-state index is 11.3. The van der Waals surface area contributed by atoms with Gasteiger partial charge in [0.15, 0.2) is 0 Å². The summed E-state index contributed by atoms with van der Waals surface area (Å²) in [5, 5.41) is 0. The number of ether oxygens (including phenoxy) is 1. The van der Waals surface area contributed by atoms with Crippen LogP contribution in [0, 0.1) is 0 Å². The largest absolute Gasteiger partial charge is 0.465 e. The fraction of sp³-hybridized carbons (Fsp3) is 0.182. The predicted octanol–water partition coefficient (Wildman–Crippen LogP) is 1.80. The third-order valence-corrected chi connectivity index (χ3v) is 2.24. The van der Waals surface area contributed by atoms with Gasteiger partial charge in [0.2, 0.25) is 0 Å². The van der Waals surface area contributed by atoms with E-state index in [2.05, 4.69) is 4.74 Å². The standard InChI is InChI=1S/C11H10O2/c1-13-11(12)10-7-6-8-4-2-3-5-9(8)10/h2-5,7H,6H2,1H3. The smallest absolute Gasteiger partial charge is 0.338 e. The molecule has 0 saturated carbocycles. The minimum atomic E-state index is -0.245. The molecule has 13 heavy (non-hydrogen) atoms. The highest BCUT2D eigenvalue weighted by Gasteiger charge is 2.19. The van der Waals surface area contributed by atoms with Crippen LogP contribution in [0.2, 0.25) is 0 Å². The molecule has 0 saturated heterocycles. The van der Waals surface area contributed by atoms with E-state index in [0.717, 1.165) is 12.0 Å². The average Bonchev–Trinajstić information content (AvgIpc) is 2.60. The van der Waals surface area contributed by atoms with Crippen LogP contribution in [-0.4, -0.2) is 13.1 Å². The molecule has 0 heterocycles. The van der Waals surface area contributed by atoms with E-state index in [1.807, 2.05) is 30.3 Å². The van der Waals surface area contributed by atoms with Crippen LogP contribution in [0.5, 0.6) is 0 Å². The summed E-state index contributed by atoms with van der Waals surface area (Å²) in [7, 11) is 1.41. The van der Waals surface area contributed by atoms with Gasteiger partial charge >= 0.3 is 5.97 Å². The van der Waals surface area contributed by atoms with Gasteiger partial charge in [-0.05, 0) is 17.5 Å². The first kappa shape index (κ1) is 8.05. The Morgan fingerprint density at radius 1 is 1.38 bits per heavy atom. The number of hydrogen-bond donors (Lipinski definition) is 0. The molecule has 1 aliphatic carbocycles. The molecule has 2 rings (SSSR count). The van der Waals surface area contributed by atoms with Gasteiger partial charge in [-0.25, -0.2) is 4.79 Å². The molecule has 2 heteroatoms. The van der Waals surface area contributed by atoms with Crippen molar-refractivity contribution in [2.45, 2.75) is 6.42 Å². The molecule has 0 aliphatic heterocycles. The molecule has 0 fully saturated rings. The van der Waals surface area contributed by atoms with Gasteiger partial charge in [0.05, 0.1) is 12.7 Å². The van der Waals surface area contributed by atoms with Crippen molar-refractivity contribution < 1.29 is 9.53 Å². The zero-order valence-corrected chi connectivity index (χ0v) is 7.41. The van der Waals surface area contributed by atoms with Crippen LogP contribution in [0.4, 0.5) is 0 Å². The van der Waals surface area contributed by atoms with Crippen molar-refractivity contribution in [1.82, 2.24) is 0 Å². The number of hydrogen-bond acceptors (Lipinski definition) is 2. The molecule has 0 aromatic heterocycles. The number of fused-ring (bicyclic) bond motifs is 1. The van der Waals surface area contributed by atoms with E-state index in [4.69, 9.17) is 0 Å². The highest BCUT2D eigenvalue weighted by atomic mass is 16.5. The first-order chi connectivity index (χ1) is 6.33. The van der Waals surface area contributed by atoms with E-state index in [1.54, 1.807) is 0 Å². The van der Waals surface area contributed by atoms with Gasteiger partial charge in [0.1, 0.15) is 0 Å². The molecule has 0 unspecified atom stereocenters. The zero-order valence-electron chi connectivity index (χ0n) is 7.41. The van der Waals surface area contributed by atoms with Crippen LogP contribution in [0.1, 0.15) is 11.1 Å². The van der Waals surface area contributed by atoms with Gasteiger partial charge in [0.25, 0.3) is 0 Å². The summed E-state index contributed by atoms with van der Waals surface area (Å²) >= 11 is 0. The zero-order chi connectivity index (χ0) is 9.26. The Bertz CT molecular complexity index is 377. The van der Waals surface area contributed by atoms with Gasteiger partial charge in [-0.3, -0.25) is 0 Å². The van der Waals surface area contributed by atoms with Crippen LogP contribution in [0.25, 0.3) is 5.57 Å². The van der Waals surface area contributed by atoms with Crippen molar-refractivity contribution in [2.75, 3.05) is 7.11 Å². The number of carbonyl (C=O) groups is 1. The number of carbonyl (C=O) groups excluding carboxylic acids is 1. The fourth-order valence-electron chi connectivity index (χ4n) is 1.59. The topological polar surface area (TPSA) is 26.3 Å². The molecule has 0 radical (unpaired) electrons. The highest BCUT2D eigenvalue weighted by molar-refractivity contribution is 6.17. The Hall–Kier alpha value is -1.57. The lowest BCUT2D eigenvalue weighted by Gasteiger charge is -2.02. The second kappa shape index (κ2) is 3.05. The second-order valence-electron chi connectivity index (χ2n) is 2.97. The Balaban J connectivity index is 2.41. The molecule has 0 spiro atoms. The maximum atomic E-state index is 11.3. The molecule has 0 atom stereocenters. The van der Waals surface area contributed by atoms with Crippen LogP contribution < -0.4 is 0 Å². The normalized spacial score (nSPS) is 13.5. The minimum absolute atomic E-state index is 0.245. The van der Waals surface area contributed by atoms with Gasteiger partial charge < -0.3 is 4.74 Å². The number of rotatable bonds is 1. The Labute approximate surface area is 76.8 Å². The molecular weight excluding hydrogens is 164 g/mol. The molecule has 1 aliphatic rings. The molecule has 0 N–H and O–H groups in total. The van der Waals surface area contributed by atoms with E-state index < -0.39 is 0 Å². The third kappa shape index (κ3) is 1.24. The second-order valence-corrected chi connectivity index (χ2v) is 2.97. The Morgan fingerprint density at radius 2 is 2.15 bits per heavy atom. The van der Waals surface area contributed by atoms with E-state index in [0.29, 0.717) is 5.57 Å². The average molecular weight is 174 g/mol. The van der Waals surface area contributed by atoms with Crippen LogP contribution in [-0.2, 0) is 16.0 Å². The summed E-state index contributed by atoms with van der Waals surface area (Å²) in [6.45, 7) is 0. The summed E-state index contributed by atoms with van der Waals surface area (Å²) in [4.78, 5) is 11.3. The van der Waals surface area contributed by atoms with Crippen molar-refractivity contribution in [3.8, 4) is 0 Å². The third-order valence-electron chi connectivity index (χ3n) is 2.24. The van der Waals surface area contributed by atoms with Gasteiger partial charge in [-0.15, -0.1) is 0 Å². The van der Waals surface area contributed by atoms with Gasteiger partial charge in [-0.2, -0.15) is 0 Å². The number of esters is 1. The molecule has 2 nitrogen and oxygen atoms in total. The van der Waals surface area contributed by atoms with E-state index in [1.165, 1.54) is 12.7 Å². The van der Waals surface area contributed by atoms with Crippen LogP contribution >= 0.6 is 0 Å². The molecule has 1 aromatic carbocycles. The van der Waals surface area contributed by atoms with Gasteiger partial charge in [0, 0.05) is 0 Å². The van der Waals surface area contributed by atoms with Crippen molar-refractivity contribution in [3.63, 3.8) is 0 Å². The van der Waals surface area contributed by atoms with Crippen molar-refractivity contribution in [1.29, 1.82) is 0 Å². The number of benzene rings is 1. The van der Waals surface area contributed by atoms with E-state index >= 15 is 0 Å². The number of allylic oxidation sites excluding steroid dienone is 1. The summed E-state index contributed by atoms with van der Waals surface area (Å²) in [5.41, 5.74) is 2.90. The summed E-state index contributed by atoms with van der Waals surface area (Å²) < 4.78 is 4.68. The monoisotopic (exact) mass is 174 g/mol. The summed E-state index contributed by atoms with van der Waals surface area (Å²) in [5.74, 6) is -0.245. The Kier molecular flexibility index (Phi) is 1.89.